The lowest BCUT2D eigenvalue weighted by atomic mass is 10.0. The third-order valence-corrected chi connectivity index (χ3v) is 12.3. The number of carbonyl (C=O) groups excluding carboxylic acids is 2. The number of halogens is 2. The van der Waals surface area contributed by atoms with E-state index in [1.54, 1.807) is 0 Å². The number of fused-ring (bicyclic) bond motifs is 2. The van der Waals surface area contributed by atoms with E-state index in [0.717, 1.165) is 90.8 Å². The second-order valence-electron chi connectivity index (χ2n) is 15.3. The van der Waals surface area contributed by atoms with E-state index in [9.17, 15) is 9.59 Å². The van der Waals surface area contributed by atoms with Gasteiger partial charge in [0.15, 0.2) is 0 Å². The van der Waals surface area contributed by atoms with Crippen molar-refractivity contribution in [1.82, 2.24) is 31.3 Å². The first-order valence-corrected chi connectivity index (χ1v) is 20.2. The Kier molecular flexibility index (Phi) is 9.84. The number of anilines is 2. The van der Waals surface area contributed by atoms with Crippen LogP contribution in [0.2, 0.25) is 10.0 Å². The van der Waals surface area contributed by atoms with Crippen molar-refractivity contribution in [2.75, 3.05) is 23.3 Å². The van der Waals surface area contributed by atoms with Gasteiger partial charge in [-0.15, -0.1) is 10.2 Å². The van der Waals surface area contributed by atoms with Crippen molar-refractivity contribution in [3.8, 4) is 17.5 Å². The number of rotatable bonds is 9. The molecule has 0 saturated heterocycles. The van der Waals surface area contributed by atoms with Crippen LogP contribution in [0.5, 0.6) is 0 Å². The molecule has 2 amide bonds. The molecule has 0 atom stereocenters. The number of hydrogen-bond acceptors (Lipinski definition) is 8. The molecule has 13 heteroatoms. The number of nitriles is 1. The molecule has 290 valence electrons. The maximum atomic E-state index is 13.6. The Labute approximate surface area is 345 Å². The van der Waals surface area contributed by atoms with E-state index in [1.807, 2.05) is 91.0 Å². The fourth-order valence-corrected chi connectivity index (χ4v) is 8.46. The van der Waals surface area contributed by atoms with Crippen LogP contribution in [0, 0.1) is 11.3 Å². The van der Waals surface area contributed by atoms with Gasteiger partial charge < -0.3 is 20.9 Å². The second-order valence-corrected chi connectivity index (χ2v) is 16.1. The Morgan fingerprint density at radius 1 is 0.776 bits per heavy atom. The zero-order valence-electron chi connectivity index (χ0n) is 31.5. The molecule has 0 spiro atoms. The van der Waals surface area contributed by atoms with Crippen molar-refractivity contribution in [3.05, 3.63) is 158 Å². The molecule has 11 nitrogen and oxygen atoms in total. The van der Waals surface area contributed by atoms with Crippen LogP contribution in [-0.2, 0) is 30.5 Å². The first-order chi connectivity index (χ1) is 28.2. The SMILES string of the molecule is N#Cc1ccc(C2(NC(=O)c3cccc4c3NCC4)CC2)cc1.O=C(NC1(c2ccc(-c3nn[nH]n3)cc2)CC1)c1cccc2c1N(Cc1ccc(Cl)c(Cl)c1)CC2. The third-order valence-electron chi connectivity index (χ3n) is 11.6. The minimum atomic E-state index is -0.345. The second kappa shape index (κ2) is 15.3. The number of carbonyl (C=O) groups is 2. The lowest BCUT2D eigenvalue weighted by Crippen LogP contribution is -2.35. The molecular weight excluding hydrogens is 769 g/mol. The molecule has 0 bridgehead atoms. The highest BCUT2D eigenvalue weighted by atomic mass is 35.5. The summed E-state index contributed by atoms with van der Waals surface area (Å²) in [6.45, 7) is 2.40. The Bertz CT molecular complexity index is 2560. The number of aromatic amines is 1. The van der Waals surface area contributed by atoms with Crippen LogP contribution in [0.1, 0.15) is 79.8 Å². The van der Waals surface area contributed by atoms with Gasteiger partial charge in [-0.05, 0) is 108 Å². The number of nitrogens with one attached hydrogen (secondary N) is 4. The van der Waals surface area contributed by atoms with Crippen molar-refractivity contribution in [1.29, 1.82) is 5.26 Å². The molecule has 2 saturated carbocycles. The first kappa shape index (κ1) is 37.4. The van der Waals surface area contributed by atoms with Gasteiger partial charge in [0.1, 0.15) is 0 Å². The summed E-state index contributed by atoms with van der Waals surface area (Å²) in [6.07, 6.45) is 5.56. The van der Waals surface area contributed by atoms with E-state index in [4.69, 9.17) is 28.5 Å². The molecule has 3 heterocycles. The van der Waals surface area contributed by atoms with Crippen LogP contribution >= 0.6 is 23.2 Å². The van der Waals surface area contributed by atoms with Crippen molar-refractivity contribution >= 4 is 46.4 Å². The molecule has 0 unspecified atom stereocenters. The fraction of sp³-hybridized carbons (Fsp3) is 0.244. The summed E-state index contributed by atoms with van der Waals surface area (Å²) >= 11 is 12.3. The highest BCUT2D eigenvalue weighted by molar-refractivity contribution is 6.42. The van der Waals surface area contributed by atoms with Gasteiger partial charge in [-0.25, -0.2) is 0 Å². The monoisotopic (exact) mass is 807 g/mol. The number of benzene rings is 5. The van der Waals surface area contributed by atoms with Gasteiger partial charge in [0, 0.05) is 25.2 Å². The lowest BCUT2D eigenvalue weighted by Gasteiger charge is -2.24. The molecule has 58 heavy (non-hydrogen) atoms. The number of aromatic nitrogens is 4. The first-order valence-electron chi connectivity index (χ1n) is 19.4. The van der Waals surface area contributed by atoms with Gasteiger partial charge in [-0.2, -0.15) is 10.5 Å². The minimum absolute atomic E-state index is 0.0295. The van der Waals surface area contributed by atoms with E-state index in [0.29, 0.717) is 33.5 Å². The quantitative estimate of drug-likeness (QED) is 0.114. The smallest absolute Gasteiger partial charge is 0.254 e. The number of amides is 2. The molecule has 0 radical (unpaired) electrons. The predicted octanol–water partition coefficient (Wildman–Crippen LogP) is 8.10. The number of hydrogen-bond donors (Lipinski definition) is 4. The van der Waals surface area contributed by atoms with Crippen LogP contribution < -0.4 is 20.9 Å². The van der Waals surface area contributed by atoms with Crippen molar-refractivity contribution in [3.63, 3.8) is 0 Å². The van der Waals surface area contributed by atoms with Crippen LogP contribution in [0.4, 0.5) is 11.4 Å². The average molecular weight is 809 g/mol. The van der Waals surface area contributed by atoms with E-state index in [1.165, 1.54) is 11.1 Å². The van der Waals surface area contributed by atoms with Crippen molar-refractivity contribution in [2.45, 2.75) is 56.1 Å². The predicted molar refractivity (Wildman–Crippen MR) is 224 cm³/mol. The van der Waals surface area contributed by atoms with Crippen molar-refractivity contribution < 1.29 is 9.59 Å². The normalized spacial score (nSPS) is 16.1. The molecule has 2 aliphatic heterocycles. The maximum Gasteiger partial charge on any atom is 0.254 e. The largest absolute Gasteiger partial charge is 0.384 e. The van der Waals surface area contributed by atoms with Gasteiger partial charge in [-0.1, -0.05) is 89.9 Å². The molecule has 10 rings (SSSR count). The van der Waals surface area contributed by atoms with Gasteiger partial charge in [0.25, 0.3) is 11.8 Å². The van der Waals surface area contributed by atoms with Gasteiger partial charge >= 0.3 is 0 Å². The molecule has 6 aromatic rings. The van der Waals surface area contributed by atoms with E-state index >= 15 is 0 Å². The number of tetrazole rings is 1. The lowest BCUT2D eigenvalue weighted by molar-refractivity contribution is 0.0922. The summed E-state index contributed by atoms with van der Waals surface area (Å²) in [5.41, 5.74) is 9.91. The third kappa shape index (κ3) is 7.37. The summed E-state index contributed by atoms with van der Waals surface area (Å²) in [6, 6.07) is 35.2. The summed E-state index contributed by atoms with van der Waals surface area (Å²) in [4.78, 5) is 28.6. The summed E-state index contributed by atoms with van der Waals surface area (Å²) in [7, 11) is 0. The van der Waals surface area contributed by atoms with Crippen LogP contribution in [0.15, 0.2) is 103 Å². The number of para-hydroxylation sites is 2. The molecular formula is C45H39Cl2N9O2. The maximum absolute atomic E-state index is 13.6. The Hall–Kier alpha value is -6.22. The molecule has 1 aromatic heterocycles. The number of H-pyrrole nitrogens is 1. The molecule has 4 N–H and O–H groups in total. The summed E-state index contributed by atoms with van der Waals surface area (Å²) in [5, 5.41) is 34.0. The minimum Gasteiger partial charge on any atom is -0.384 e. The van der Waals surface area contributed by atoms with Crippen LogP contribution in [-0.4, -0.2) is 45.5 Å². The Morgan fingerprint density at radius 3 is 2.07 bits per heavy atom. The van der Waals surface area contributed by atoms with Gasteiger partial charge in [0.2, 0.25) is 5.82 Å². The van der Waals surface area contributed by atoms with Crippen LogP contribution in [0.3, 0.4) is 0 Å². The highest BCUT2D eigenvalue weighted by Crippen LogP contribution is 2.47. The molecule has 2 aliphatic carbocycles. The summed E-state index contributed by atoms with van der Waals surface area (Å²) < 4.78 is 0. The van der Waals surface area contributed by atoms with E-state index in [2.05, 4.69) is 59.7 Å². The van der Waals surface area contributed by atoms with Crippen molar-refractivity contribution in [2.24, 2.45) is 0 Å². The molecule has 5 aromatic carbocycles. The standard InChI is InChI=1S/C26H22Cl2N6O.C19H17N3O/c27-21-9-4-16(14-22(21)28)15-34-13-10-17-2-1-3-20(23(17)34)25(35)29-26(11-12-26)19-7-5-18(6-8-19)24-30-32-33-31-24;20-12-13-4-6-15(7-5-13)19(9-10-19)22-18(23)16-3-1-2-14-8-11-21-17(14)16/h1-9,14H,10-13,15H2,(H,29,35)(H,30,31,32,33);1-7,21H,8-11H2,(H,22,23). The van der Waals surface area contributed by atoms with Gasteiger partial charge in [0.05, 0.1) is 55.3 Å². The topological polar surface area (TPSA) is 152 Å². The average Bonchev–Trinajstić information content (AvgIpc) is 3.95. The Morgan fingerprint density at radius 2 is 1.43 bits per heavy atom. The van der Waals surface area contributed by atoms with Crippen LogP contribution in [0.25, 0.3) is 11.4 Å². The Balaban J connectivity index is 0.000000164. The zero-order chi connectivity index (χ0) is 39.9. The fourth-order valence-electron chi connectivity index (χ4n) is 8.14. The van der Waals surface area contributed by atoms with Gasteiger partial charge in [-0.3, -0.25) is 9.59 Å². The zero-order valence-corrected chi connectivity index (χ0v) is 33.0. The highest BCUT2D eigenvalue weighted by Gasteiger charge is 2.47. The number of nitrogens with zero attached hydrogens (tertiary/aromatic N) is 5. The molecule has 4 aliphatic rings. The van der Waals surface area contributed by atoms with E-state index < -0.39 is 0 Å². The molecule has 2 fully saturated rings. The van der Waals surface area contributed by atoms with E-state index in [-0.39, 0.29) is 22.9 Å². The summed E-state index contributed by atoms with van der Waals surface area (Å²) in [5.74, 6) is 0.466.